The minimum Gasteiger partial charge on any atom is -0.326 e. The van der Waals surface area contributed by atoms with Gasteiger partial charge in [0.1, 0.15) is 0 Å². The largest absolute Gasteiger partial charge is 0.326 e. The van der Waals surface area contributed by atoms with Crippen molar-refractivity contribution >= 4 is 38.9 Å². The summed E-state index contributed by atoms with van der Waals surface area (Å²) in [5.41, 5.74) is 3.13. The van der Waals surface area contributed by atoms with Gasteiger partial charge in [-0.3, -0.25) is 14.3 Å². The first-order valence-corrected chi connectivity index (χ1v) is 11.5. The number of anilines is 3. The summed E-state index contributed by atoms with van der Waals surface area (Å²) in [6.45, 7) is 5.98. The monoisotopic (exact) mass is 429 g/mol. The molecular weight excluding hydrogens is 402 g/mol. The molecule has 1 saturated heterocycles. The molecule has 2 amide bonds. The number of nitrogens with one attached hydrogen (secondary N) is 2. The van der Waals surface area contributed by atoms with E-state index < -0.39 is 10.0 Å². The number of piperidine rings is 1. The van der Waals surface area contributed by atoms with Gasteiger partial charge in [-0.15, -0.1) is 0 Å². The lowest BCUT2D eigenvalue weighted by atomic mass is 10.1. The molecule has 8 heteroatoms. The summed E-state index contributed by atoms with van der Waals surface area (Å²) < 4.78 is 28.6. The van der Waals surface area contributed by atoms with Gasteiger partial charge in [-0.1, -0.05) is 13.0 Å². The van der Waals surface area contributed by atoms with Crippen LogP contribution < -0.4 is 14.9 Å². The molecule has 0 bridgehead atoms. The zero-order chi connectivity index (χ0) is 21.9. The number of carbonyl (C=O) groups excluding carboxylic acids is 2. The van der Waals surface area contributed by atoms with Crippen molar-refractivity contribution in [1.82, 2.24) is 0 Å². The maximum Gasteiger partial charge on any atom is 0.262 e. The summed E-state index contributed by atoms with van der Waals surface area (Å²) in [5.74, 6) is -0.0764. The topological polar surface area (TPSA) is 95.6 Å². The molecule has 1 aliphatic heterocycles. The summed E-state index contributed by atoms with van der Waals surface area (Å²) in [5, 5.41) is 2.72. The Labute approximate surface area is 177 Å². The van der Waals surface area contributed by atoms with Gasteiger partial charge in [0.15, 0.2) is 0 Å². The molecule has 0 unspecified atom stereocenters. The molecule has 2 aromatic carbocycles. The van der Waals surface area contributed by atoms with Crippen LogP contribution in [0.25, 0.3) is 0 Å². The Morgan fingerprint density at radius 2 is 1.77 bits per heavy atom. The molecule has 0 radical (unpaired) electrons. The quantitative estimate of drug-likeness (QED) is 0.726. The first kappa shape index (κ1) is 21.8. The maximum absolute atomic E-state index is 13.0. The Morgan fingerprint density at radius 3 is 2.43 bits per heavy atom. The van der Waals surface area contributed by atoms with E-state index in [1.54, 1.807) is 43.0 Å². The minimum atomic E-state index is -3.83. The molecular formula is C22H27N3O4S. The number of sulfonamides is 1. The molecule has 0 atom stereocenters. The molecule has 0 saturated carbocycles. The van der Waals surface area contributed by atoms with Gasteiger partial charge in [0, 0.05) is 30.8 Å². The van der Waals surface area contributed by atoms with E-state index in [4.69, 9.17) is 0 Å². The Balaban J connectivity index is 1.86. The van der Waals surface area contributed by atoms with E-state index in [-0.39, 0.29) is 16.7 Å². The molecule has 7 nitrogen and oxygen atoms in total. The van der Waals surface area contributed by atoms with E-state index in [2.05, 4.69) is 10.0 Å². The van der Waals surface area contributed by atoms with Crippen molar-refractivity contribution in [2.45, 2.75) is 51.3 Å². The lowest BCUT2D eigenvalue weighted by molar-refractivity contribution is -0.119. The number of nitrogens with zero attached hydrogens (tertiary/aromatic N) is 1. The van der Waals surface area contributed by atoms with Crippen LogP contribution in [0, 0.1) is 13.8 Å². The molecule has 1 fully saturated rings. The van der Waals surface area contributed by atoms with E-state index in [1.807, 2.05) is 13.0 Å². The molecule has 1 aliphatic rings. The van der Waals surface area contributed by atoms with Crippen molar-refractivity contribution in [2.24, 2.45) is 0 Å². The minimum absolute atomic E-state index is 0.0601. The second kappa shape index (κ2) is 8.87. The van der Waals surface area contributed by atoms with Gasteiger partial charge in [-0.25, -0.2) is 8.42 Å². The average Bonchev–Trinajstić information content (AvgIpc) is 2.69. The third kappa shape index (κ3) is 4.81. The van der Waals surface area contributed by atoms with Gasteiger partial charge in [0.05, 0.1) is 10.6 Å². The number of amides is 2. The van der Waals surface area contributed by atoms with Gasteiger partial charge in [0.25, 0.3) is 10.0 Å². The smallest absolute Gasteiger partial charge is 0.262 e. The maximum atomic E-state index is 13.0. The summed E-state index contributed by atoms with van der Waals surface area (Å²) in [4.78, 5) is 25.7. The molecule has 0 spiro atoms. The highest BCUT2D eigenvalue weighted by atomic mass is 32.2. The van der Waals surface area contributed by atoms with Crippen LogP contribution in [0.15, 0.2) is 41.3 Å². The van der Waals surface area contributed by atoms with E-state index in [9.17, 15) is 18.0 Å². The van der Waals surface area contributed by atoms with Crippen molar-refractivity contribution in [2.75, 3.05) is 21.5 Å². The first-order valence-electron chi connectivity index (χ1n) is 10.1. The molecule has 1 heterocycles. The van der Waals surface area contributed by atoms with Crippen molar-refractivity contribution in [3.63, 3.8) is 0 Å². The van der Waals surface area contributed by atoms with Crippen LogP contribution in [-0.4, -0.2) is 26.8 Å². The zero-order valence-corrected chi connectivity index (χ0v) is 18.3. The molecule has 3 rings (SSSR count). The van der Waals surface area contributed by atoms with E-state index in [0.717, 1.165) is 24.1 Å². The Kier molecular flexibility index (Phi) is 6.45. The van der Waals surface area contributed by atoms with Crippen molar-refractivity contribution < 1.29 is 18.0 Å². The number of hydrogen-bond donors (Lipinski definition) is 2. The highest BCUT2D eigenvalue weighted by Gasteiger charge is 2.23. The predicted octanol–water partition coefficient (Wildman–Crippen LogP) is 3.97. The summed E-state index contributed by atoms with van der Waals surface area (Å²) in [6.07, 6.45) is 2.67. The number of aryl methyl sites for hydroxylation is 2. The highest BCUT2D eigenvalue weighted by molar-refractivity contribution is 7.92. The standard InChI is InChI=1S/C22H27N3O4S/c1-4-21(26)23-17-10-11-20(16(3)13-17)30(28,29)24-18-9-8-15(2)19(14-18)25-12-6-5-7-22(25)27/h8-11,13-14,24H,4-7,12H2,1-3H3,(H,23,26). The van der Waals surface area contributed by atoms with Crippen LogP contribution in [0.5, 0.6) is 0 Å². The number of hydrogen-bond acceptors (Lipinski definition) is 4. The fraction of sp³-hybridized carbons (Fsp3) is 0.364. The second-order valence-electron chi connectivity index (χ2n) is 7.49. The Morgan fingerprint density at radius 1 is 1.03 bits per heavy atom. The van der Waals surface area contributed by atoms with Gasteiger partial charge in [-0.2, -0.15) is 0 Å². The third-order valence-corrected chi connectivity index (χ3v) is 6.69. The first-order chi connectivity index (χ1) is 14.2. The number of benzene rings is 2. The van der Waals surface area contributed by atoms with Crippen LogP contribution in [0.1, 0.15) is 43.7 Å². The molecule has 160 valence electrons. The number of rotatable bonds is 6. The fourth-order valence-electron chi connectivity index (χ4n) is 3.51. The van der Waals surface area contributed by atoms with E-state index in [0.29, 0.717) is 36.3 Å². The van der Waals surface area contributed by atoms with E-state index >= 15 is 0 Å². The van der Waals surface area contributed by atoms with Gasteiger partial charge in [0.2, 0.25) is 11.8 Å². The second-order valence-corrected chi connectivity index (χ2v) is 9.14. The van der Waals surface area contributed by atoms with Crippen LogP contribution in [0.4, 0.5) is 17.1 Å². The zero-order valence-electron chi connectivity index (χ0n) is 17.5. The van der Waals surface area contributed by atoms with Crippen LogP contribution in [0.2, 0.25) is 0 Å². The summed E-state index contributed by atoms with van der Waals surface area (Å²) in [7, 11) is -3.83. The molecule has 0 aromatic heterocycles. The predicted molar refractivity (Wildman–Crippen MR) is 118 cm³/mol. The van der Waals surface area contributed by atoms with Crippen LogP contribution in [-0.2, 0) is 19.6 Å². The van der Waals surface area contributed by atoms with Gasteiger partial charge < -0.3 is 10.2 Å². The number of carbonyl (C=O) groups is 2. The van der Waals surface area contributed by atoms with Gasteiger partial charge in [-0.05, 0) is 68.1 Å². The lowest BCUT2D eigenvalue weighted by Crippen LogP contribution is -2.35. The van der Waals surface area contributed by atoms with Crippen LogP contribution in [0.3, 0.4) is 0 Å². The fourth-order valence-corrected chi connectivity index (χ4v) is 4.79. The molecule has 2 N–H and O–H groups in total. The third-order valence-electron chi connectivity index (χ3n) is 5.14. The van der Waals surface area contributed by atoms with Crippen molar-refractivity contribution in [3.05, 3.63) is 47.5 Å². The van der Waals surface area contributed by atoms with Gasteiger partial charge >= 0.3 is 0 Å². The van der Waals surface area contributed by atoms with E-state index in [1.165, 1.54) is 6.07 Å². The molecule has 0 aliphatic carbocycles. The lowest BCUT2D eigenvalue weighted by Gasteiger charge is -2.28. The SMILES string of the molecule is CCC(=O)Nc1ccc(S(=O)(=O)Nc2ccc(C)c(N3CCCCC3=O)c2)c(C)c1. The molecule has 30 heavy (non-hydrogen) atoms. The Hall–Kier alpha value is -2.87. The Bertz CT molecular complexity index is 1080. The molecule has 2 aromatic rings. The average molecular weight is 430 g/mol. The normalized spacial score (nSPS) is 14.5. The van der Waals surface area contributed by atoms with Crippen molar-refractivity contribution in [1.29, 1.82) is 0 Å². The highest BCUT2D eigenvalue weighted by Crippen LogP contribution is 2.29. The summed E-state index contributed by atoms with van der Waals surface area (Å²) in [6, 6.07) is 9.89. The van der Waals surface area contributed by atoms with Crippen LogP contribution >= 0.6 is 0 Å². The summed E-state index contributed by atoms with van der Waals surface area (Å²) >= 11 is 0. The van der Waals surface area contributed by atoms with Crippen molar-refractivity contribution in [3.8, 4) is 0 Å².